The van der Waals surface area contributed by atoms with Gasteiger partial charge in [0.1, 0.15) is 0 Å². The summed E-state index contributed by atoms with van der Waals surface area (Å²) in [7, 11) is 0. The normalized spacial score (nSPS) is 18.6. The van der Waals surface area contributed by atoms with Gasteiger partial charge in [-0.05, 0) is 52.1 Å². The quantitative estimate of drug-likeness (QED) is 0.907. The van der Waals surface area contributed by atoms with Crippen LogP contribution < -0.4 is 5.73 Å². The zero-order chi connectivity index (χ0) is 14.8. The van der Waals surface area contributed by atoms with Crippen LogP contribution in [0.1, 0.15) is 56.1 Å². The molecule has 114 valence electrons. The van der Waals surface area contributed by atoms with Gasteiger partial charge >= 0.3 is 0 Å². The maximum absolute atomic E-state index is 6.26. The molecule has 3 nitrogen and oxygen atoms in total. The third-order valence-electron chi connectivity index (χ3n) is 4.18. The molecule has 2 heterocycles. The Labute approximate surface area is 127 Å². The fourth-order valence-corrected chi connectivity index (χ4v) is 3.95. The van der Waals surface area contributed by atoms with E-state index in [-0.39, 0.29) is 5.54 Å². The van der Waals surface area contributed by atoms with Crippen LogP contribution in [0.15, 0.2) is 0 Å². The van der Waals surface area contributed by atoms with Crippen molar-refractivity contribution in [3.05, 3.63) is 15.6 Å². The van der Waals surface area contributed by atoms with E-state index in [1.165, 1.54) is 41.5 Å². The summed E-state index contributed by atoms with van der Waals surface area (Å²) in [6, 6.07) is 0. The molecule has 1 aromatic heterocycles. The average Bonchev–Trinajstić information content (AvgIpc) is 2.81. The van der Waals surface area contributed by atoms with Crippen LogP contribution in [0.5, 0.6) is 0 Å². The zero-order valence-electron chi connectivity index (χ0n) is 13.4. The van der Waals surface area contributed by atoms with Gasteiger partial charge < -0.3 is 10.6 Å². The SMILES string of the molecule is CCc1nc(CCN2CCC(C)CC2)sc1C(C)(C)N. The molecule has 2 rings (SSSR count). The summed E-state index contributed by atoms with van der Waals surface area (Å²) in [6.45, 7) is 12.3. The smallest absolute Gasteiger partial charge is 0.0944 e. The van der Waals surface area contributed by atoms with Crippen molar-refractivity contribution in [3.63, 3.8) is 0 Å². The van der Waals surface area contributed by atoms with Gasteiger partial charge in [0.25, 0.3) is 0 Å². The Morgan fingerprint density at radius 3 is 2.50 bits per heavy atom. The zero-order valence-corrected chi connectivity index (χ0v) is 14.2. The average molecular weight is 295 g/mol. The lowest BCUT2D eigenvalue weighted by Gasteiger charge is -2.29. The van der Waals surface area contributed by atoms with Crippen molar-refractivity contribution < 1.29 is 0 Å². The molecule has 2 N–H and O–H groups in total. The summed E-state index contributed by atoms with van der Waals surface area (Å²) in [4.78, 5) is 8.66. The monoisotopic (exact) mass is 295 g/mol. The predicted octanol–water partition coefficient (Wildman–Crippen LogP) is 3.17. The third kappa shape index (κ3) is 4.03. The summed E-state index contributed by atoms with van der Waals surface area (Å²) < 4.78 is 0. The van der Waals surface area contributed by atoms with Crippen LogP contribution in [0.25, 0.3) is 0 Å². The fraction of sp³-hybridized carbons (Fsp3) is 0.812. The van der Waals surface area contributed by atoms with Crippen molar-refractivity contribution in [2.75, 3.05) is 19.6 Å². The molecule has 0 unspecified atom stereocenters. The standard InChI is InChI=1S/C16H29N3S/c1-5-13-15(16(3,4)17)20-14(18-13)8-11-19-9-6-12(2)7-10-19/h12H,5-11,17H2,1-4H3. The van der Waals surface area contributed by atoms with E-state index in [0.717, 1.165) is 25.3 Å². The van der Waals surface area contributed by atoms with Crippen LogP contribution in [0, 0.1) is 5.92 Å². The lowest BCUT2D eigenvalue weighted by Crippen LogP contribution is -2.34. The molecular weight excluding hydrogens is 266 g/mol. The van der Waals surface area contributed by atoms with Gasteiger partial charge in [0, 0.05) is 23.4 Å². The minimum Gasteiger partial charge on any atom is -0.321 e. The third-order valence-corrected chi connectivity index (χ3v) is 5.68. The van der Waals surface area contributed by atoms with Gasteiger partial charge in [0.15, 0.2) is 0 Å². The first-order chi connectivity index (χ1) is 9.40. The first-order valence-electron chi connectivity index (χ1n) is 7.90. The summed E-state index contributed by atoms with van der Waals surface area (Å²) >= 11 is 1.82. The second-order valence-electron chi connectivity index (χ2n) is 6.73. The highest BCUT2D eigenvalue weighted by molar-refractivity contribution is 7.11. The molecule has 0 atom stereocenters. The Morgan fingerprint density at radius 2 is 2.00 bits per heavy atom. The first-order valence-corrected chi connectivity index (χ1v) is 8.72. The van der Waals surface area contributed by atoms with Crippen molar-refractivity contribution >= 4 is 11.3 Å². The van der Waals surface area contributed by atoms with Gasteiger partial charge in [0.2, 0.25) is 0 Å². The van der Waals surface area contributed by atoms with Crippen molar-refractivity contribution in [1.29, 1.82) is 0 Å². The molecule has 0 aliphatic carbocycles. The molecule has 0 amide bonds. The number of piperidine rings is 1. The molecular formula is C16H29N3S. The predicted molar refractivity (Wildman–Crippen MR) is 87.2 cm³/mol. The highest BCUT2D eigenvalue weighted by atomic mass is 32.1. The highest BCUT2D eigenvalue weighted by Gasteiger charge is 2.23. The van der Waals surface area contributed by atoms with E-state index in [0.29, 0.717) is 0 Å². The van der Waals surface area contributed by atoms with Crippen LogP contribution in [0.3, 0.4) is 0 Å². The molecule has 1 aromatic rings. The Hall–Kier alpha value is -0.450. The number of nitrogens with zero attached hydrogens (tertiary/aromatic N) is 2. The molecule has 4 heteroatoms. The minimum absolute atomic E-state index is 0.262. The number of aromatic nitrogens is 1. The summed E-state index contributed by atoms with van der Waals surface area (Å²) in [5.74, 6) is 0.905. The van der Waals surface area contributed by atoms with Gasteiger partial charge in [0.05, 0.1) is 10.7 Å². The molecule has 1 fully saturated rings. The second-order valence-corrected chi connectivity index (χ2v) is 7.82. The Morgan fingerprint density at radius 1 is 1.35 bits per heavy atom. The van der Waals surface area contributed by atoms with Gasteiger partial charge in [-0.1, -0.05) is 13.8 Å². The molecule has 0 aromatic carbocycles. The van der Waals surface area contributed by atoms with E-state index >= 15 is 0 Å². The van der Waals surface area contributed by atoms with Gasteiger partial charge in [-0.15, -0.1) is 11.3 Å². The van der Waals surface area contributed by atoms with Gasteiger partial charge in [-0.2, -0.15) is 0 Å². The Kier molecular flexibility index (Phi) is 5.21. The lowest BCUT2D eigenvalue weighted by molar-refractivity contribution is 0.194. The Bertz CT molecular complexity index is 425. The number of likely N-dealkylation sites (tertiary alicyclic amines) is 1. The van der Waals surface area contributed by atoms with Gasteiger partial charge in [-0.3, -0.25) is 0 Å². The molecule has 1 saturated heterocycles. The number of aryl methyl sites for hydroxylation is 1. The van der Waals surface area contributed by atoms with E-state index in [1.54, 1.807) is 0 Å². The fourth-order valence-electron chi connectivity index (χ4n) is 2.79. The van der Waals surface area contributed by atoms with Crippen LogP contribution >= 0.6 is 11.3 Å². The topological polar surface area (TPSA) is 42.2 Å². The summed E-state index contributed by atoms with van der Waals surface area (Å²) in [5, 5.41) is 1.26. The minimum atomic E-state index is -0.262. The lowest BCUT2D eigenvalue weighted by atomic mass is 9.99. The van der Waals surface area contributed by atoms with Crippen molar-refractivity contribution in [1.82, 2.24) is 9.88 Å². The number of hydrogen-bond acceptors (Lipinski definition) is 4. The second kappa shape index (κ2) is 6.54. The van der Waals surface area contributed by atoms with Crippen molar-refractivity contribution in [3.8, 4) is 0 Å². The molecule has 0 spiro atoms. The first kappa shape index (κ1) is 15.9. The van der Waals surface area contributed by atoms with E-state index in [4.69, 9.17) is 10.7 Å². The number of rotatable bonds is 5. The number of hydrogen-bond donors (Lipinski definition) is 1. The number of thiazole rings is 1. The highest BCUT2D eigenvalue weighted by Crippen LogP contribution is 2.29. The van der Waals surface area contributed by atoms with Crippen LogP contribution in [0.2, 0.25) is 0 Å². The molecule has 1 aliphatic heterocycles. The van der Waals surface area contributed by atoms with E-state index in [9.17, 15) is 0 Å². The summed E-state index contributed by atoms with van der Waals surface area (Å²) in [5.41, 5.74) is 7.20. The van der Waals surface area contributed by atoms with Crippen LogP contribution in [-0.2, 0) is 18.4 Å². The number of nitrogens with two attached hydrogens (primary N) is 1. The van der Waals surface area contributed by atoms with Crippen molar-refractivity contribution in [2.24, 2.45) is 11.7 Å². The maximum atomic E-state index is 6.26. The van der Waals surface area contributed by atoms with Gasteiger partial charge in [-0.25, -0.2) is 4.98 Å². The van der Waals surface area contributed by atoms with E-state index in [2.05, 4.69) is 32.6 Å². The molecule has 0 radical (unpaired) electrons. The maximum Gasteiger partial charge on any atom is 0.0944 e. The van der Waals surface area contributed by atoms with E-state index in [1.807, 2.05) is 11.3 Å². The van der Waals surface area contributed by atoms with Crippen molar-refractivity contribution in [2.45, 2.75) is 58.9 Å². The largest absolute Gasteiger partial charge is 0.321 e. The molecule has 0 saturated carbocycles. The molecule has 20 heavy (non-hydrogen) atoms. The van der Waals surface area contributed by atoms with Crippen LogP contribution in [0.4, 0.5) is 0 Å². The Balaban J connectivity index is 1.95. The molecule has 1 aliphatic rings. The van der Waals surface area contributed by atoms with Crippen LogP contribution in [-0.4, -0.2) is 29.5 Å². The molecule has 0 bridgehead atoms. The van der Waals surface area contributed by atoms with E-state index < -0.39 is 0 Å². The summed E-state index contributed by atoms with van der Waals surface area (Å²) in [6.07, 6.45) is 4.74.